The van der Waals surface area contributed by atoms with Crippen LogP contribution in [0.3, 0.4) is 0 Å². The molecule has 11 heteroatoms. The van der Waals surface area contributed by atoms with Gasteiger partial charge in [-0.3, -0.25) is 13.9 Å². The summed E-state index contributed by atoms with van der Waals surface area (Å²) in [6.07, 6.45) is 15.1. The van der Waals surface area contributed by atoms with E-state index in [1.54, 1.807) is 0 Å². The molecule has 0 aromatic heterocycles. The minimum atomic E-state index is -4.75. The topological polar surface area (TPSA) is 126 Å². The third kappa shape index (κ3) is 20.5. The molecule has 0 rings (SSSR count). The molecule has 196 valence electrons. The van der Waals surface area contributed by atoms with E-state index in [1.807, 2.05) is 0 Å². The van der Waals surface area contributed by atoms with Crippen molar-refractivity contribution in [2.75, 3.05) is 0 Å². The summed E-state index contributed by atoms with van der Waals surface area (Å²) in [4.78, 5) is 12.7. The molecule has 2 atom stereocenters. The van der Waals surface area contributed by atoms with E-state index in [0.717, 1.165) is 64.2 Å². The molecular formula is C23H48Na2O7S2. The molecule has 0 saturated carbocycles. The van der Waals surface area contributed by atoms with Gasteiger partial charge in [-0.1, -0.05) is 117 Å². The van der Waals surface area contributed by atoms with Gasteiger partial charge in [0.1, 0.15) is 10.5 Å². The van der Waals surface area contributed by atoms with Crippen molar-refractivity contribution < 1.29 is 30.7 Å². The molecule has 7 nitrogen and oxygen atoms in total. The van der Waals surface area contributed by atoms with Crippen molar-refractivity contribution in [1.82, 2.24) is 0 Å². The SMILES string of the molecule is CCCCCCCCCCC(C(=O)C(CCCCCCCCCC)S(=O)(=O)O)S(=O)(=O)O.[NaH].[NaH]. The fraction of sp³-hybridized carbons (Fsp3) is 0.957. The molecule has 0 aliphatic carbocycles. The maximum atomic E-state index is 12.7. The van der Waals surface area contributed by atoms with Gasteiger partial charge in [0.15, 0.2) is 5.78 Å². The van der Waals surface area contributed by atoms with Crippen LogP contribution in [0.15, 0.2) is 0 Å². The Morgan fingerprint density at radius 2 is 0.765 bits per heavy atom. The first-order valence-electron chi connectivity index (χ1n) is 12.5. The van der Waals surface area contributed by atoms with Gasteiger partial charge in [-0.2, -0.15) is 16.8 Å². The van der Waals surface area contributed by atoms with Crippen LogP contribution in [0.2, 0.25) is 0 Å². The average molecular weight is 547 g/mol. The summed E-state index contributed by atoms with van der Waals surface area (Å²) in [6.45, 7) is 4.28. The Morgan fingerprint density at radius 3 is 1.00 bits per heavy atom. The molecule has 0 heterocycles. The van der Waals surface area contributed by atoms with E-state index in [9.17, 15) is 30.7 Å². The molecule has 0 radical (unpaired) electrons. The third-order valence-electron chi connectivity index (χ3n) is 5.99. The third-order valence-corrected chi connectivity index (χ3v) is 8.37. The fourth-order valence-electron chi connectivity index (χ4n) is 4.01. The van der Waals surface area contributed by atoms with E-state index in [4.69, 9.17) is 0 Å². The summed E-state index contributed by atoms with van der Waals surface area (Å²) in [5.41, 5.74) is 0. The zero-order valence-electron chi connectivity index (χ0n) is 20.1. The van der Waals surface area contributed by atoms with Gasteiger partial charge in [0.05, 0.1) is 0 Å². The molecule has 0 fully saturated rings. The molecule has 0 bridgehead atoms. The molecule has 2 unspecified atom stereocenters. The van der Waals surface area contributed by atoms with E-state index in [2.05, 4.69) is 13.8 Å². The Hall–Kier alpha value is 1.49. The Bertz CT molecular complexity index is 640. The molecule has 34 heavy (non-hydrogen) atoms. The second-order valence-corrected chi connectivity index (χ2v) is 12.1. The van der Waals surface area contributed by atoms with Crippen LogP contribution < -0.4 is 0 Å². The van der Waals surface area contributed by atoms with Crippen molar-refractivity contribution in [2.24, 2.45) is 0 Å². The van der Waals surface area contributed by atoms with Crippen LogP contribution in [-0.2, 0) is 25.0 Å². The predicted molar refractivity (Wildman–Crippen MR) is 144 cm³/mol. The Balaban J connectivity index is -0.00000480. The van der Waals surface area contributed by atoms with Gasteiger partial charge in [-0.05, 0) is 12.8 Å². The van der Waals surface area contributed by atoms with Gasteiger partial charge in [0, 0.05) is 0 Å². The zero-order valence-corrected chi connectivity index (χ0v) is 21.8. The van der Waals surface area contributed by atoms with E-state index < -0.39 is 36.5 Å². The number of hydrogen-bond donors (Lipinski definition) is 2. The number of carbonyl (C=O) groups excluding carboxylic acids is 1. The van der Waals surface area contributed by atoms with Gasteiger partial charge in [-0.25, -0.2) is 0 Å². The summed E-state index contributed by atoms with van der Waals surface area (Å²) in [5.74, 6) is -1.11. The number of unbranched alkanes of at least 4 members (excludes halogenated alkanes) is 14. The van der Waals surface area contributed by atoms with Gasteiger partial charge in [0.25, 0.3) is 20.2 Å². The maximum absolute atomic E-state index is 12.7. The van der Waals surface area contributed by atoms with Crippen LogP contribution in [0.4, 0.5) is 0 Å². The first-order chi connectivity index (χ1) is 15.1. The van der Waals surface area contributed by atoms with Crippen LogP contribution in [0.5, 0.6) is 0 Å². The summed E-state index contributed by atoms with van der Waals surface area (Å²) in [7, 11) is -9.49. The van der Waals surface area contributed by atoms with Crippen molar-refractivity contribution in [3.05, 3.63) is 0 Å². The second kappa shape index (κ2) is 23.6. The monoisotopic (exact) mass is 546 g/mol. The second-order valence-electron chi connectivity index (χ2n) is 8.94. The van der Waals surface area contributed by atoms with Crippen LogP contribution in [0, 0.1) is 0 Å². The Morgan fingerprint density at radius 1 is 0.529 bits per heavy atom. The van der Waals surface area contributed by atoms with Gasteiger partial charge in [-0.15, -0.1) is 0 Å². The predicted octanol–water partition coefficient (Wildman–Crippen LogP) is 4.83. The molecule has 0 aromatic rings. The van der Waals surface area contributed by atoms with Crippen LogP contribution >= 0.6 is 0 Å². The molecular weight excluding hydrogens is 498 g/mol. The molecule has 2 N–H and O–H groups in total. The Kier molecular flexibility index (Phi) is 27.8. The van der Waals surface area contributed by atoms with Gasteiger partial charge in [0.2, 0.25) is 0 Å². The zero-order chi connectivity index (χ0) is 24.5. The van der Waals surface area contributed by atoms with Gasteiger partial charge >= 0.3 is 59.1 Å². The van der Waals surface area contributed by atoms with Crippen molar-refractivity contribution in [1.29, 1.82) is 0 Å². The summed E-state index contributed by atoms with van der Waals surface area (Å²) in [5, 5.41) is -3.60. The summed E-state index contributed by atoms with van der Waals surface area (Å²) >= 11 is 0. The first kappa shape index (κ1) is 40.0. The number of rotatable bonds is 22. The summed E-state index contributed by atoms with van der Waals surface area (Å²) < 4.78 is 66.3. The van der Waals surface area contributed by atoms with Crippen molar-refractivity contribution in [3.8, 4) is 0 Å². The molecule has 0 saturated heterocycles. The molecule has 0 amide bonds. The van der Waals surface area contributed by atoms with Crippen LogP contribution in [0.25, 0.3) is 0 Å². The quantitative estimate of drug-likeness (QED) is 0.113. The number of carbonyl (C=O) groups is 1. The molecule has 0 aromatic carbocycles. The minimum absolute atomic E-state index is 0. The molecule has 0 aliphatic rings. The Labute approximate surface area is 253 Å². The number of Topliss-reactive ketones (excluding diaryl/α,β-unsaturated/α-hetero) is 1. The van der Waals surface area contributed by atoms with Crippen molar-refractivity contribution >= 4 is 85.1 Å². The van der Waals surface area contributed by atoms with E-state index in [-0.39, 0.29) is 72.0 Å². The van der Waals surface area contributed by atoms with Crippen molar-refractivity contribution in [3.63, 3.8) is 0 Å². The average Bonchev–Trinajstić information content (AvgIpc) is 2.69. The van der Waals surface area contributed by atoms with Crippen LogP contribution in [-0.4, -0.2) is 101 Å². The fourth-order valence-corrected chi connectivity index (χ4v) is 5.94. The van der Waals surface area contributed by atoms with Gasteiger partial charge < -0.3 is 0 Å². The summed E-state index contributed by atoms with van der Waals surface area (Å²) in [6, 6.07) is 0. The normalized spacial score (nSPS) is 13.5. The number of ketones is 1. The molecule has 0 spiro atoms. The van der Waals surface area contributed by atoms with E-state index >= 15 is 0 Å². The molecule has 0 aliphatic heterocycles. The van der Waals surface area contributed by atoms with E-state index in [0.29, 0.717) is 25.7 Å². The first-order valence-corrected chi connectivity index (χ1v) is 15.5. The van der Waals surface area contributed by atoms with E-state index in [1.165, 1.54) is 12.8 Å². The van der Waals surface area contributed by atoms with Crippen LogP contribution in [0.1, 0.15) is 129 Å². The standard InChI is InChI=1S/C23H46O7S2.2Na.2H/c1-3-5-7-9-11-13-15-17-19-21(31(25,26)27)23(24)22(32(28,29)30)20-18-16-14-12-10-8-6-4-2;;;;/h21-22H,3-20H2,1-2H3,(H,25,26,27)(H,28,29,30);;;;. The van der Waals surface area contributed by atoms with Crippen molar-refractivity contribution in [2.45, 2.75) is 140 Å². The number of hydrogen-bond acceptors (Lipinski definition) is 5.